The van der Waals surface area contributed by atoms with E-state index in [-0.39, 0.29) is 12.5 Å². The first-order valence-electron chi connectivity index (χ1n) is 6.66. The van der Waals surface area contributed by atoms with E-state index in [0.29, 0.717) is 18.1 Å². The van der Waals surface area contributed by atoms with E-state index in [9.17, 15) is 9.90 Å². The van der Waals surface area contributed by atoms with Gasteiger partial charge in [-0.15, -0.1) is 11.3 Å². The van der Waals surface area contributed by atoms with Crippen LogP contribution in [0.25, 0.3) is 0 Å². The van der Waals surface area contributed by atoms with Crippen molar-refractivity contribution in [3.63, 3.8) is 0 Å². The maximum atomic E-state index is 12.0. The molecule has 112 valence electrons. The molecule has 2 aromatic heterocycles. The molecule has 1 unspecified atom stereocenters. The smallest absolute Gasteiger partial charge is 0.252 e. The largest absolute Gasteiger partial charge is 0.478 e. The summed E-state index contributed by atoms with van der Waals surface area (Å²) in [4.78, 5) is 16.9. The molecule has 0 bridgehead atoms. The van der Waals surface area contributed by atoms with Crippen LogP contribution in [0.5, 0.6) is 5.88 Å². The minimum Gasteiger partial charge on any atom is -0.478 e. The van der Waals surface area contributed by atoms with E-state index >= 15 is 0 Å². The average molecular weight is 306 g/mol. The second-order valence-electron chi connectivity index (χ2n) is 4.75. The molecule has 2 heterocycles. The van der Waals surface area contributed by atoms with Gasteiger partial charge in [0, 0.05) is 17.1 Å². The predicted molar refractivity (Wildman–Crippen MR) is 81.6 cm³/mol. The zero-order chi connectivity index (χ0) is 15.3. The number of ether oxygens (including phenoxy) is 1. The third-order valence-electron chi connectivity index (χ3n) is 2.94. The highest BCUT2D eigenvalue weighted by molar-refractivity contribution is 7.10. The van der Waals surface area contributed by atoms with E-state index in [0.717, 1.165) is 4.88 Å². The maximum Gasteiger partial charge on any atom is 0.252 e. The molecule has 0 fully saturated rings. The summed E-state index contributed by atoms with van der Waals surface area (Å²) in [5.41, 5.74) is -0.650. The number of nitrogens with one attached hydrogen (secondary N) is 1. The third kappa shape index (κ3) is 4.03. The molecule has 2 aromatic rings. The number of thiophene rings is 1. The molecular formula is C15H18N2O3S. The number of hydrogen-bond donors (Lipinski definition) is 2. The molecule has 6 heteroatoms. The van der Waals surface area contributed by atoms with Gasteiger partial charge in [0.1, 0.15) is 5.60 Å². The molecule has 2 rings (SSSR count). The molecule has 1 amide bonds. The summed E-state index contributed by atoms with van der Waals surface area (Å²) in [6.07, 6.45) is 1.46. The van der Waals surface area contributed by atoms with Crippen LogP contribution in [-0.2, 0) is 5.60 Å². The minimum atomic E-state index is -1.08. The van der Waals surface area contributed by atoms with E-state index in [1.807, 2.05) is 24.4 Å². The van der Waals surface area contributed by atoms with E-state index in [1.165, 1.54) is 17.5 Å². The van der Waals surface area contributed by atoms with Crippen molar-refractivity contribution in [1.82, 2.24) is 10.3 Å². The number of rotatable bonds is 6. The van der Waals surface area contributed by atoms with Crippen molar-refractivity contribution < 1.29 is 14.6 Å². The van der Waals surface area contributed by atoms with Gasteiger partial charge in [0.2, 0.25) is 5.88 Å². The number of nitrogens with zero attached hydrogens (tertiary/aromatic N) is 1. The van der Waals surface area contributed by atoms with Crippen molar-refractivity contribution in [3.8, 4) is 5.88 Å². The van der Waals surface area contributed by atoms with Crippen LogP contribution in [0.3, 0.4) is 0 Å². The molecule has 0 saturated carbocycles. The lowest BCUT2D eigenvalue weighted by molar-refractivity contribution is 0.0556. The lowest BCUT2D eigenvalue weighted by Crippen LogP contribution is -2.38. The Morgan fingerprint density at radius 1 is 1.48 bits per heavy atom. The van der Waals surface area contributed by atoms with Crippen LogP contribution in [0.15, 0.2) is 35.8 Å². The van der Waals surface area contributed by atoms with Gasteiger partial charge in [0.05, 0.1) is 18.7 Å². The summed E-state index contributed by atoms with van der Waals surface area (Å²) < 4.78 is 5.22. The van der Waals surface area contributed by atoms with E-state index in [4.69, 9.17) is 4.74 Å². The SMILES string of the molecule is CCOc1ccc(C(=O)NCC(C)(O)c2cccs2)cn1. The zero-order valence-corrected chi connectivity index (χ0v) is 12.8. The van der Waals surface area contributed by atoms with Gasteiger partial charge >= 0.3 is 0 Å². The van der Waals surface area contributed by atoms with E-state index < -0.39 is 5.60 Å². The highest BCUT2D eigenvalue weighted by Gasteiger charge is 2.25. The van der Waals surface area contributed by atoms with Gasteiger partial charge < -0.3 is 15.2 Å². The lowest BCUT2D eigenvalue weighted by atomic mass is 10.1. The van der Waals surface area contributed by atoms with Crippen LogP contribution in [0.1, 0.15) is 29.1 Å². The van der Waals surface area contributed by atoms with Gasteiger partial charge in [-0.2, -0.15) is 0 Å². The summed E-state index contributed by atoms with van der Waals surface area (Å²) in [6, 6.07) is 7.00. The number of carbonyl (C=O) groups excluding carboxylic acids is 1. The highest BCUT2D eigenvalue weighted by atomic mass is 32.1. The second kappa shape index (κ2) is 6.69. The van der Waals surface area contributed by atoms with Crippen molar-refractivity contribution in [3.05, 3.63) is 46.3 Å². The van der Waals surface area contributed by atoms with Crippen LogP contribution >= 0.6 is 11.3 Å². The summed E-state index contributed by atoms with van der Waals surface area (Å²) in [5, 5.41) is 15.0. The molecule has 5 nitrogen and oxygen atoms in total. The van der Waals surface area contributed by atoms with Crippen LogP contribution in [0, 0.1) is 0 Å². The molecule has 2 N–H and O–H groups in total. The molecule has 0 radical (unpaired) electrons. The first-order valence-corrected chi connectivity index (χ1v) is 7.54. The molecule has 0 aliphatic carbocycles. The normalized spacial score (nSPS) is 13.5. The first kappa shape index (κ1) is 15.5. The highest BCUT2D eigenvalue weighted by Crippen LogP contribution is 2.24. The van der Waals surface area contributed by atoms with Gasteiger partial charge in [-0.25, -0.2) is 4.98 Å². The Kier molecular flexibility index (Phi) is 4.93. The Balaban J connectivity index is 1.95. The number of aromatic nitrogens is 1. The van der Waals surface area contributed by atoms with Crippen molar-refractivity contribution in [2.75, 3.05) is 13.2 Å². The molecular weight excluding hydrogens is 288 g/mol. The lowest BCUT2D eigenvalue weighted by Gasteiger charge is -2.22. The monoisotopic (exact) mass is 306 g/mol. The zero-order valence-electron chi connectivity index (χ0n) is 12.0. The Morgan fingerprint density at radius 2 is 2.29 bits per heavy atom. The molecule has 0 aliphatic heterocycles. The van der Waals surface area contributed by atoms with Crippen LogP contribution in [-0.4, -0.2) is 29.1 Å². The molecule has 21 heavy (non-hydrogen) atoms. The number of pyridine rings is 1. The van der Waals surface area contributed by atoms with Gasteiger partial charge in [0.15, 0.2) is 0 Å². The molecule has 1 atom stereocenters. The summed E-state index contributed by atoms with van der Waals surface area (Å²) in [6.45, 7) is 4.21. The number of aliphatic hydroxyl groups is 1. The Morgan fingerprint density at radius 3 is 2.86 bits per heavy atom. The fourth-order valence-electron chi connectivity index (χ4n) is 1.77. The van der Waals surface area contributed by atoms with E-state index in [1.54, 1.807) is 19.1 Å². The fourth-order valence-corrected chi connectivity index (χ4v) is 2.56. The number of amides is 1. The molecule has 0 aliphatic rings. The molecule has 0 spiro atoms. The third-order valence-corrected chi connectivity index (χ3v) is 4.06. The van der Waals surface area contributed by atoms with Crippen molar-refractivity contribution in [1.29, 1.82) is 0 Å². The first-order chi connectivity index (χ1) is 10.0. The van der Waals surface area contributed by atoms with Crippen molar-refractivity contribution in [2.45, 2.75) is 19.4 Å². The second-order valence-corrected chi connectivity index (χ2v) is 5.70. The van der Waals surface area contributed by atoms with Crippen molar-refractivity contribution >= 4 is 17.2 Å². The van der Waals surface area contributed by atoms with Gasteiger partial charge in [-0.1, -0.05) is 6.07 Å². The molecule has 0 aromatic carbocycles. The van der Waals surface area contributed by atoms with Gasteiger partial charge in [-0.3, -0.25) is 4.79 Å². The van der Waals surface area contributed by atoms with E-state index in [2.05, 4.69) is 10.3 Å². The van der Waals surface area contributed by atoms with Crippen LogP contribution in [0.2, 0.25) is 0 Å². The predicted octanol–water partition coefficient (Wildman–Crippen LogP) is 2.18. The summed E-state index contributed by atoms with van der Waals surface area (Å²) in [5.74, 6) is 0.210. The van der Waals surface area contributed by atoms with Gasteiger partial charge in [-0.05, 0) is 31.4 Å². The minimum absolute atomic E-state index is 0.138. The Bertz CT molecular complexity index is 579. The standard InChI is InChI=1S/C15H18N2O3S/c1-3-20-13-7-6-11(9-16-13)14(18)17-10-15(2,19)12-5-4-8-21-12/h4-9,19H,3,10H2,1-2H3,(H,17,18). The van der Waals surface area contributed by atoms with Crippen molar-refractivity contribution in [2.24, 2.45) is 0 Å². The van der Waals surface area contributed by atoms with Crippen LogP contribution in [0.4, 0.5) is 0 Å². The molecule has 0 saturated heterocycles. The van der Waals surface area contributed by atoms with Crippen LogP contribution < -0.4 is 10.1 Å². The topological polar surface area (TPSA) is 71.5 Å². The number of carbonyl (C=O) groups is 1. The Hall–Kier alpha value is -1.92. The Labute approximate surface area is 127 Å². The quantitative estimate of drug-likeness (QED) is 0.858. The summed E-state index contributed by atoms with van der Waals surface area (Å²) in [7, 11) is 0. The number of hydrogen-bond acceptors (Lipinski definition) is 5. The summed E-state index contributed by atoms with van der Waals surface area (Å²) >= 11 is 1.45. The maximum absolute atomic E-state index is 12.0. The average Bonchev–Trinajstić information content (AvgIpc) is 3.01. The van der Waals surface area contributed by atoms with Gasteiger partial charge in [0.25, 0.3) is 5.91 Å². The fraction of sp³-hybridized carbons (Fsp3) is 0.333.